The van der Waals surface area contributed by atoms with Crippen LogP contribution >= 0.6 is 0 Å². The highest BCUT2D eigenvalue weighted by molar-refractivity contribution is 5.79. The Bertz CT molecular complexity index is 761. The molecule has 0 heterocycles. The second-order valence-corrected chi connectivity index (χ2v) is 6.98. The Hall–Kier alpha value is -2.37. The van der Waals surface area contributed by atoms with Crippen LogP contribution in [0.1, 0.15) is 29.9 Å². The summed E-state index contributed by atoms with van der Waals surface area (Å²) in [6.07, 6.45) is -0.126. The maximum absolute atomic E-state index is 12.2. The lowest BCUT2D eigenvalue weighted by Crippen LogP contribution is -2.34. The van der Waals surface area contributed by atoms with Gasteiger partial charge in [0.2, 0.25) is 0 Å². The summed E-state index contributed by atoms with van der Waals surface area (Å²) in [5.41, 5.74) is 4.80. The number of nitrogens with one attached hydrogen (secondary N) is 1. The Kier molecular flexibility index (Phi) is 4.66. The van der Waals surface area contributed by atoms with E-state index < -0.39 is 12.2 Å². The molecule has 4 rings (SSSR count). The smallest absolute Gasteiger partial charge is 0.407 e. The number of rotatable bonds is 4. The van der Waals surface area contributed by atoms with Gasteiger partial charge in [-0.25, -0.2) is 4.79 Å². The maximum Gasteiger partial charge on any atom is 0.407 e. The molecule has 3 atom stereocenters. The Morgan fingerprint density at radius 1 is 1.08 bits per heavy atom. The number of carbonyl (C=O) groups excluding carboxylic acids is 1. The number of aliphatic hydroxyl groups is 1. The third-order valence-electron chi connectivity index (χ3n) is 5.44. The third-order valence-corrected chi connectivity index (χ3v) is 5.44. The SMILES string of the molecule is CO[C@@H]1C[C@H](NC(=O)OCC2c3ccccc3-c3ccccc32)C[C@@H]1O. The van der Waals surface area contributed by atoms with Crippen LogP contribution in [0, 0.1) is 0 Å². The molecule has 0 saturated heterocycles. The van der Waals surface area contributed by atoms with Gasteiger partial charge in [0.25, 0.3) is 0 Å². The molecule has 1 amide bonds. The zero-order valence-electron chi connectivity index (χ0n) is 14.7. The van der Waals surface area contributed by atoms with Crippen LogP contribution in [0.4, 0.5) is 4.79 Å². The van der Waals surface area contributed by atoms with Crippen LogP contribution in [0.5, 0.6) is 0 Å². The minimum atomic E-state index is -0.543. The van der Waals surface area contributed by atoms with Crippen molar-refractivity contribution in [3.05, 3.63) is 59.7 Å². The molecule has 0 bridgehead atoms. The molecule has 1 fully saturated rings. The number of alkyl carbamates (subject to hydrolysis) is 1. The lowest BCUT2D eigenvalue weighted by atomic mass is 9.98. The van der Waals surface area contributed by atoms with Gasteiger partial charge in [-0.2, -0.15) is 0 Å². The van der Waals surface area contributed by atoms with Crippen molar-refractivity contribution in [2.24, 2.45) is 0 Å². The van der Waals surface area contributed by atoms with Crippen LogP contribution in [-0.2, 0) is 9.47 Å². The zero-order valence-corrected chi connectivity index (χ0v) is 14.7. The molecule has 2 aliphatic rings. The van der Waals surface area contributed by atoms with Crippen molar-refractivity contribution < 1.29 is 19.4 Å². The first kappa shape index (κ1) is 17.1. The van der Waals surface area contributed by atoms with E-state index in [1.54, 1.807) is 7.11 Å². The first-order chi connectivity index (χ1) is 12.7. The molecule has 2 aliphatic carbocycles. The van der Waals surface area contributed by atoms with E-state index in [2.05, 4.69) is 29.6 Å². The number of hydrogen-bond acceptors (Lipinski definition) is 4. The highest BCUT2D eigenvalue weighted by atomic mass is 16.5. The minimum Gasteiger partial charge on any atom is -0.449 e. The van der Waals surface area contributed by atoms with E-state index in [0.29, 0.717) is 19.4 Å². The number of aliphatic hydroxyl groups excluding tert-OH is 1. The minimum absolute atomic E-state index is 0.0500. The fourth-order valence-electron chi connectivity index (χ4n) is 4.15. The number of methoxy groups -OCH3 is 1. The van der Waals surface area contributed by atoms with Crippen molar-refractivity contribution in [3.8, 4) is 11.1 Å². The number of carbonyl (C=O) groups is 1. The van der Waals surface area contributed by atoms with Gasteiger partial charge in [0.1, 0.15) is 6.61 Å². The van der Waals surface area contributed by atoms with E-state index >= 15 is 0 Å². The van der Waals surface area contributed by atoms with Crippen molar-refractivity contribution in [2.75, 3.05) is 13.7 Å². The molecule has 5 nitrogen and oxygen atoms in total. The molecule has 0 radical (unpaired) electrons. The van der Waals surface area contributed by atoms with Crippen LogP contribution in [-0.4, -0.2) is 43.2 Å². The summed E-state index contributed by atoms with van der Waals surface area (Å²) in [6.45, 7) is 0.294. The van der Waals surface area contributed by atoms with Crippen LogP contribution in [0.15, 0.2) is 48.5 Å². The van der Waals surface area contributed by atoms with Gasteiger partial charge < -0.3 is 19.9 Å². The number of ether oxygens (including phenoxy) is 2. The normalized spacial score (nSPS) is 24.2. The molecular weight excluding hydrogens is 330 g/mol. The lowest BCUT2D eigenvalue weighted by Gasteiger charge is -2.16. The largest absolute Gasteiger partial charge is 0.449 e. The van der Waals surface area contributed by atoms with Gasteiger partial charge in [-0.1, -0.05) is 48.5 Å². The fraction of sp³-hybridized carbons (Fsp3) is 0.381. The summed E-state index contributed by atoms with van der Waals surface area (Å²) in [7, 11) is 1.57. The first-order valence-electron chi connectivity index (χ1n) is 8.99. The molecule has 2 aromatic carbocycles. The Morgan fingerprint density at radius 2 is 1.69 bits per heavy atom. The number of hydrogen-bond donors (Lipinski definition) is 2. The summed E-state index contributed by atoms with van der Waals surface area (Å²) >= 11 is 0. The summed E-state index contributed by atoms with van der Waals surface area (Å²) in [6, 6.07) is 16.4. The number of fused-ring (bicyclic) bond motifs is 3. The average Bonchev–Trinajstić information content (AvgIpc) is 3.17. The van der Waals surface area contributed by atoms with Gasteiger partial charge in [0.05, 0.1) is 12.2 Å². The Morgan fingerprint density at radius 3 is 2.27 bits per heavy atom. The van der Waals surface area contributed by atoms with Crippen molar-refractivity contribution in [1.82, 2.24) is 5.32 Å². The monoisotopic (exact) mass is 353 g/mol. The molecule has 0 spiro atoms. The van der Waals surface area contributed by atoms with E-state index in [4.69, 9.17) is 9.47 Å². The highest BCUT2D eigenvalue weighted by Gasteiger charge is 2.34. The summed E-state index contributed by atoms with van der Waals surface area (Å²) in [4.78, 5) is 12.2. The molecule has 136 valence electrons. The van der Waals surface area contributed by atoms with E-state index in [0.717, 1.165) is 0 Å². The predicted octanol–water partition coefficient (Wildman–Crippen LogP) is 3.06. The molecule has 2 aromatic rings. The second kappa shape index (κ2) is 7.09. The molecule has 0 aliphatic heterocycles. The summed E-state index contributed by atoms with van der Waals surface area (Å²) < 4.78 is 10.7. The molecule has 0 unspecified atom stereocenters. The quantitative estimate of drug-likeness (QED) is 0.886. The van der Waals surface area contributed by atoms with Crippen LogP contribution in [0.25, 0.3) is 11.1 Å². The van der Waals surface area contributed by atoms with Crippen molar-refractivity contribution in [2.45, 2.75) is 37.0 Å². The summed E-state index contributed by atoms with van der Waals surface area (Å²) in [5, 5.41) is 12.7. The molecular formula is C21H23NO4. The van der Waals surface area contributed by atoms with Gasteiger partial charge in [-0.15, -0.1) is 0 Å². The van der Waals surface area contributed by atoms with Crippen LogP contribution in [0.3, 0.4) is 0 Å². The van der Waals surface area contributed by atoms with Gasteiger partial charge in [0.15, 0.2) is 0 Å². The second-order valence-electron chi connectivity index (χ2n) is 6.98. The van der Waals surface area contributed by atoms with Gasteiger partial charge in [-0.05, 0) is 35.1 Å². The van der Waals surface area contributed by atoms with Gasteiger partial charge >= 0.3 is 6.09 Å². The predicted molar refractivity (Wildman–Crippen MR) is 98.0 cm³/mol. The maximum atomic E-state index is 12.2. The topological polar surface area (TPSA) is 67.8 Å². The third kappa shape index (κ3) is 3.08. The molecule has 0 aromatic heterocycles. The van der Waals surface area contributed by atoms with E-state index in [9.17, 15) is 9.90 Å². The Balaban J connectivity index is 1.41. The molecule has 2 N–H and O–H groups in total. The van der Waals surface area contributed by atoms with Gasteiger partial charge in [0, 0.05) is 19.1 Å². The van der Waals surface area contributed by atoms with Crippen LogP contribution < -0.4 is 5.32 Å². The highest BCUT2D eigenvalue weighted by Crippen LogP contribution is 2.44. The van der Waals surface area contributed by atoms with E-state index in [1.807, 2.05) is 24.3 Å². The molecule has 26 heavy (non-hydrogen) atoms. The van der Waals surface area contributed by atoms with Crippen molar-refractivity contribution >= 4 is 6.09 Å². The van der Waals surface area contributed by atoms with Crippen LogP contribution in [0.2, 0.25) is 0 Å². The molecule has 1 saturated carbocycles. The van der Waals surface area contributed by atoms with Gasteiger partial charge in [-0.3, -0.25) is 0 Å². The standard InChI is InChI=1S/C21H23NO4/c1-25-20-11-13(10-19(20)23)22-21(24)26-12-18-16-8-4-2-6-14(16)15-7-3-5-9-17(15)18/h2-9,13,18-20,23H,10-12H2,1H3,(H,22,24)/t13-,19+,20-/m1/s1. The zero-order chi connectivity index (χ0) is 18.1. The van der Waals surface area contributed by atoms with Crippen molar-refractivity contribution in [3.63, 3.8) is 0 Å². The summed E-state index contributed by atoms with van der Waals surface area (Å²) in [5.74, 6) is 0.0500. The Labute approximate surface area is 152 Å². The average molecular weight is 353 g/mol. The fourth-order valence-corrected chi connectivity index (χ4v) is 4.15. The number of amides is 1. The molecule has 5 heteroatoms. The van der Waals surface area contributed by atoms with E-state index in [1.165, 1.54) is 22.3 Å². The lowest BCUT2D eigenvalue weighted by molar-refractivity contribution is 0.00979. The van der Waals surface area contributed by atoms with Crippen molar-refractivity contribution in [1.29, 1.82) is 0 Å². The van der Waals surface area contributed by atoms with E-state index in [-0.39, 0.29) is 18.1 Å². The number of benzene rings is 2. The first-order valence-corrected chi connectivity index (χ1v) is 8.99.